The maximum atomic E-state index is 12.7. The number of hydrogen-bond acceptors (Lipinski definition) is 4. The van der Waals surface area contributed by atoms with Crippen LogP contribution in [0.25, 0.3) is 0 Å². The fraction of sp³-hybridized carbons (Fsp3) is 0.391. The third-order valence-electron chi connectivity index (χ3n) is 5.79. The standard InChI is InChI=1S/C23H26ClN3O4S/c1-15-12-18-13-20(8-9-21(18)27(15)23(29)17-4-5-17)32(30,31)26-11-10-22(28)25-14-16-2-6-19(24)7-3-16/h2-3,6-9,13,15,17,26H,4-5,10-12,14H2,1H3,(H,25,28)/t15-/m1/s1. The molecule has 2 aromatic carbocycles. The van der Waals surface area contributed by atoms with Crippen molar-refractivity contribution >= 4 is 39.1 Å². The van der Waals surface area contributed by atoms with E-state index in [4.69, 9.17) is 11.6 Å². The first-order valence-electron chi connectivity index (χ1n) is 10.7. The lowest BCUT2D eigenvalue weighted by Gasteiger charge is -2.22. The summed E-state index contributed by atoms with van der Waals surface area (Å²) in [4.78, 5) is 26.6. The number of hydrogen-bond donors (Lipinski definition) is 2. The normalized spacial score (nSPS) is 17.8. The number of fused-ring (bicyclic) bond motifs is 1. The third-order valence-corrected chi connectivity index (χ3v) is 7.50. The molecule has 4 rings (SSSR count). The van der Waals surface area contributed by atoms with Crippen LogP contribution in [0.3, 0.4) is 0 Å². The quantitative estimate of drug-likeness (QED) is 0.613. The van der Waals surface area contributed by atoms with E-state index in [1.165, 1.54) is 6.07 Å². The van der Waals surface area contributed by atoms with Gasteiger partial charge in [0, 0.05) is 42.2 Å². The summed E-state index contributed by atoms with van der Waals surface area (Å²) in [5.74, 6) is -0.00596. The first kappa shape index (κ1) is 22.8. The van der Waals surface area contributed by atoms with Gasteiger partial charge in [-0.2, -0.15) is 0 Å². The first-order valence-corrected chi connectivity index (χ1v) is 12.6. The van der Waals surface area contributed by atoms with E-state index < -0.39 is 10.0 Å². The van der Waals surface area contributed by atoms with Crippen LogP contribution in [-0.4, -0.2) is 32.8 Å². The van der Waals surface area contributed by atoms with Gasteiger partial charge in [0.15, 0.2) is 0 Å². The molecule has 2 aliphatic rings. The van der Waals surface area contributed by atoms with Crippen LogP contribution in [0.2, 0.25) is 5.02 Å². The SMILES string of the molecule is C[C@@H]1Cc2cc(S(=O)(=O)NCCC(=O)NCc3ccc(Cl)cc3)ccc2N1C(=O)C1CC1. The van der Waals surface area contributed by atoms with Crippen LogP contribution in [0.1, 0.15) is 37.3 Å². The zero-order chi connectivity index (χ0) is 22.9. The maximum absolute atomic E-state index is 12.7. The minimum absolute atomic E-state index is 0.00539. The number of carbonyl (C=O) groups excluding carboxylic acids is 2. The monoisotopic (exact) mass is 475 g/mol. The summed E-state index contributed by atoms with van der Waals surface area (Å²) in [6.07, 6.45) is 2.52. The van der Waals surface area contributed by atoms with E-state index >= 15 is 0 Å². The molecule has 32 heavy (non-hydrogen) atoms. The molecule has 1 saturated carbocycles. The molecule has 0 aromatic heterocycles. The zero-order valence-electron chi connectivity index (χ0n) is 17.8. The van der Waals surface area contributed by atoms with E-state index in [9.17, 15) is 18.0 Å². The van der Waals surface area contributed by atoms with Crippen LogP contribution in [0.4, 0.5) is 5.69 Å². The van der Waals surface area contributed by atoms with Crippen LogP contribution in [0, 0.1) is 5.92 Å². The first-order chi connectivity index (χ1) is 15.2. The molecule has 2 amide bonds. The second-order valence-electron chi connectivity index (χ2n) is 8.38. The second kappa shape index (κ2) is 9.21. The molecule has 9 heteroatoms. The molecule has 0 radical (unpaired) electrons. The number of halogens is 1. The van der Waals surface area contributed by atoms with Crippen molar-refractivity contribution in [3.05, 3.63) is 58.6 Å². The Labute approximate surface area is 193 Å². The van der Waals surface area contributed by atoms with Crippen molar-refractivity contribution in [3.63, 3.8) is 0 Å². The van der Waals surface area contributed by atoms with Gasteiger partial charge in [0.2, 0.25) is 21.8 Å². The van der Waals surface area contributed by atoms with Crippen LogP contribution < -0.4 is 14.9 Å². The molecule has 0 spiro atoms. The number of nitrogens with one attached hydrogen (secondary N) is 2. The van der Waals surface area contributed by atoms with Gasteiger partial charge in [0.25, 0.3) is 0 Å². The van der Waals surface area contributed by atoms with Crippen LogP contribution in [-0.2, 0) is 32.6 Å². The van der Waals surface area contributed by atoms with E-state index in [0.29, 0.717) is 18.0 Å². The highest BCUT2D eigenvalue weighted by Crippen LogP contribution is 2.39. The molecule has 1 aliphatic heterocycles. The van der Waals surface area contributed by atoms with Crippen molar-refractivity contribution in [1.82, 2.24) is 10.0 Å². The Bertz CT molecular complexity index is 1130. The highest BCUT2D eigenvalue weighted by molar-refractivity contribution is 7.89. The van der Waals surface area contributed by atoms with Crippen molar-refractivity contribution in [1.29, 1.82) is 0 Å². The van der Waals surface area contributed by atoms with E-state index in [-0.39, 0.29) is 41.6 Å². The third kappa shape index (κ3) is 5.14. The highest BCUT2D eigenvalue weighted by Gasteiger charge is 2.39. The van der Waals surface area contributed by atoms with Gasteiger partial charge in [-0.25, -0.2) is 13.1 Å². The van der Waals surface area contributed by atoms with Crippen molar-refractivity contribution in [2.24, 2.45) is 5.92 Å². The average molecular weight is 476 g/mol. The molecule has 1 heterocycles. The summed E-state index contributed by atoms with van der Waals surface area (Å²) < 4.78 is 27.9. The van der Waals surface area contributed by atoms with Crippen LogP contribution >= 0.6 is 11.6 Å². The van der Waals surface area contributed by atoms with E-state index in [2.05, 4.69) is 10.0 Å². The Morgan fingerprint density at radius 1 is 1.12 bits per heavy atom. The Morgan fingerprint density at radius 3 is 2.53 bits per heavy atom. The minimum Gasteiger partial charge on any atom is -0.352 e. The molecule has 0 unspecified atom stereocenters. The number of rotatable bonds is 8. The summed E-state index contributed by atoms with van der Waals surface area (Å²) in [6, 6.07) is 12.0. The number of amides is 2. The molecule has 1 aliphatic carbocycles. The summed E-state index contributed by atoms with van der Waals surface area (Å²) in [7, 11) is -3.76. The smallest absolute Gasteiger partial charge is 0.240 e. The van der Waals surface area contributed by atoms with Crippen molar-refractivity contribution < 1.29 is 18.0 Å². The predicted octanol–water partition coefficient (Wildman–Crippen LogP) is 3.01. The lowest BCUT2D eigenvalue weighted by atomic mass is 10.1. The Hall–Kier alpha value is -2.42. The van der Waals surface area contributed by atoms with E-state index in [0.717, 1.165) is 29.7 Å². The number of nitrogens with zero attached hydrogens (tertiary/aromatic N) is 1. The predicted molar refractivity (Wildman–Crippen MR) is 123 cm³/mol. The zero-order valence-corrected chi connectivity index (χ0v) is 19.4. The lowest BCUT2D eigenvalue weighted by Crippen LogP contribution is -2.36. The largest absolute Gasteiger partial charge is 0.352 e. The average Bonchev–Trinajstić information content (AvgIpc) is 3.54. The van der Waals surface area contributed by atoms with E-state index in [1.807, 2.05) is 24.0 Å². The van der Waals surface area contributed by atoms with E-state index in [1.54, 1.807) is 24.3 Å². The number of sulfonamides is 1. The van der Waals surface area contributed by atoms with Gasteiger partial charge < -0.3 is 10.2 Å². The number of anilines is 1. The summed E-state index contributed by atoms with van der Waals surface area (Å²) in [5.41, 5.74) is 2.56. The van der Waals surface area contributed by atoms with Gasteiger partial charge in [-0.1, -0.05) is 23.7 Å². The molecule has 0 bridgehead atoms. The topological polar surface area (TPSA) is 95.6 Å². The van der Waals surface area contributed by atoms with Crippen molar-refractivity contribution in [3.8, 4) is 0 Å². The van der Waals surface area contributed by atoms with Crippen molar-refractivity contribution in [2.45, 2.75) is 50.1 Å². The number of carbonyl (C=O) groups is 2. The van der Waals surface area contributed by atoms with Gasteiger partial charge in [-0.3, -0.25) is 9.59 Å². The molecule has 170 valence electrons. The molecule has 1 fully saturated rings. The second-order valence-corrected chi connectivity index (χ2v) is 10.6. The summed E-state index contributed by atoms with van der Waals surface area (Å²) in [5, 5.41) is 3.38. The molecule has 0 saturated heterocycles. The molecular weight excluding hydrogens is 450 g/mol. The Morgan fingerprint density at radius 2 is 1.84 bits per heavy atom. The molecule has 2 aromatic rings. The Kier molecular flexibility index (Phi) is 6.55. The van der Waals surface area contributed by atoms with Gasteiger partial charge in [0.05, 0.1) is 4.90 Å². The molecule has 1 atom stereocenters. The lowest BCUT2D eigenvalue weighted by molar-refractivity contribution is -0.121. The molecular formula is C23H26ClN3O4S. The fourth-order valence-corrected chi connectivity index (χ4v) is 5.12. The van der Waals surface area contributed by atoms with Crippen molar-refractivity contribution in [2.75, 3.05) is 11.4 Å². The highest BCUT2D eigenvalue weighted by atomic mass is 35.5. The maximum Gasteiger partial charge on any atom is 0.240 e. The minimum atomic E-state index is -3.76. The van der Waals surface area contributed by atoms with Gasteiger partial charge in [0.1, 0.15) is 0 Å². The summed E-state index contributed by atoms with van der Waals surface area (Å²) >= 11 is 5.84. The fourth-order valence-electron chi connectivity index (χ4n) is 3.91. The molecule has 2 N–H and O–H groups in total. The van der Waals surface area contributed by atoms with Gasteiger partial charge >= 0.3 is 0 Å². The van der Waals surface area contributed by atoms with Gasteiger partial charge in [-0.15, -0.1) is 0 Å². The van der Waals surface area contributed by atoms with Gasteiger partial charge in [-0.05, 0) is 67.6 Å². The summed E-state index contributed by atoms with van der Waals surface area (Å²) in [6.45, 7) is 2.33. The Balaban J connectivity index is 1.32. The molecule has 7 nitrogen and oxygen atoms in total. The number of benzene rings is 2. The van der Waals surface area contributed by atoms with Crippen LogP contribution in [0.5, 0.6) is 0 Å². The van der Waals surface area contributed by atoms with Crippen LogP contribution in [0.15, 0.2) is 47.4 Å².